The smallest absolute Gasteiger partial charge is 0.134 e. The number of fused-ring (bicyclic) bond motifs is 1. The molecule has 114 valence electrons. The zero-order valence-electron chi connectivity index (χ0n) is 12.7. The zero-order chi connectivity index (χ0) is 14.7. The summed E-state index contributed by atoms with van der Waals surface area (Å²) in [4.78, 5) is 2.50. The van der Waals surface area contributed by atoms with Gasteiger partial charge in [0.2, 0.25) is 0 Å². The molecule has 0 unspecified atom stereocenters. The Morgan fingerprint density at radius 3 is 2.76 bits per heavy atom. The molecule has 0 aliphatic carbocycles. The van der Waals surface area contributed by atoms with Gasteiger partial charge in [0.25, 0.3) is 0 Å². The molecular formula is C17H24N2O2. The third kappa shape index (κ3) is 3.12. The van der Waals surface area contributed by atoms with Crippen LogP contribution in [0.15, 0.2) is 28.7 Å². The van der Waals surface area contributed by atoms with E-state index in [-0.39, 0.29) is 0 Å². The number of benzene rings is 1. The van der Waals surface area contributed by atoms with E-state index in [1.54, 1.807) is 7.11 Å². The van der Waals surface area contributed by atoms with Gasteiger partial charge < -0.3 is 14.9 Å². The molecule has 2 heterocycles. The van der Waals surface area contributed by atoms with Crippen LogP contribution in [0.5, 0.6) is 0 Å². The SMILES string of the molecule is COCC1CCN(Cc2c(CN)oc3ccccc23)CC1. The number of para-hydroxylation sites is 1. The predicted molar refractivity (Wildman–Crippen MR) is 84.0 cm³/mol. The van der Waals surface area contributed by atoms with Crippen molar-refractivity contribution >= 4 is 11.0 Å². The van der Waals surface area contributed by atoms with Crippen LogP contribution in [0.3, 0.4) is 0 Å². The quantitative estimate of drug-likeness (QED) is 0.919. The zero-order valence-corrected chi connectivity index (χ0v) is 12.7. The van der Waals surface area contributed by atoms with Gasteiger partial charge in [-0.25, -0.2) is 0 Å². The van der Waals surface area contributed by atoms with Crippen LogP contribution >= 0.6 is 0 Å². The van der Waals surface area contributed by atoms with Gasteiger partial charge >= 0.3 is 0 Å². The summed E-state index contributed by atoms with van der Waals surface area (Å²) in [6.07, 6.45) is 2.42. The van der Waals surface area contributed by atoms with Crippen LogP contribution in [0.2, 0.25) is 0 Å². The van der Waals surface area contributed by atoms with Crippen LogP contribution in [-0.4, -0.2) is 31.7 Å². The fraction of sp³-hybridized carbons (Fsp3) is 0.529. The highest BCUT2D eigenvalue weighted by molar-refractivity contribution is 5.82. The molecular weight excluding hydrogens is 264 g/mol. The summed E-state index contributed by atoms with van der Waals surface area (Å²) < 4.78 is 11.1. The third-order valence-electron chi connectivity index (χ3n) is 4.46. The second-order valence-corrected chi connectivity index (χ2v) is 5.88. The number of nitrogens with zero attached hydrogens (tertiary/aromatic N) is 1. The molecule has 0 amide bonds. The molecule has 1 aliphatic rings. The minimum atomic E-state index is 0.462. The van der Waals surface area contributed by atoms with Crippen LogP contribution in [0.25, 0.3) is 11.0 Å². The molecule has 1 fully saturated rings. The number of hydrogen-bond donors (Lipinski definition) is 1. The fourth-order valence-corrected chi connectivity index (χ4v) is 3.26. The minimum absolute atomic E-state index is 0.462. The van der Waals surface area contributed by atoms with Crippen molar-refractivity contribution in [3.05, 3.63) is 35.6 Å². The monoisotopic (exact) mass is 288 g/mol. The van der Waals surface area contributed by atoms with E-state index in [0.717, 1.165) is 37.6 Å². The second-order valence-electron chi connectivity index (χ2n) is 5.88. The summed E-state index contributed by atoms with van der Waals surface area (Å²) in [5.74, 6) is 1.64. The third-order valence-corrected chi connectivity index (χ3v) is 4.46. The number of methoxy groups -OCH3 is 1. The Morgan fingerprint density at radius 2 is 2.05 bits per heavy atom. The van der Waals surface area contributed by atoms with E-state index in [2.05, 4.69) is 17.0 Å². The van der Waals surface area contributed by atoms with E-state index in [0.29, 0.717) is 12.5 Å². The Balaban J connectivity index is 1.73. The van der Waals surface area contributed by atoms with Crippen LogP contribution in [0, 0.1) is 5.92 Å². The Kier molecular flexibility index (Phi) is 4.58. The van der Waals surface area contributed by atoms with Gasteiger partial charge in [-0.3, -0.25) is 4.90 Å². The van der Waals surface area contributed by atoms with Crippen molar-refractivity contribution in [3.8, 4) is 0 Å². The lowest BCUT2D eigenvalue weighted by Crippen LogP contribution is -2.34. The van der Waals surface area contributed by atoms with Crippen molar-refractivity contribution in [1.82, 2.24) is 4.90 Å². The molecule has 21 heavy (non-hydrogen) atoms. The average molecular weight is 288 g/mol. The molecule has 4 nitrogen and oxygen atoms in total. The van der Waals surface area contributed by atoms with Crippen molar-refractivity contribution in [3.63, 3.8) is 0 Å². The van der Waals surface area contributed by atoms with Gasteiger partial charge in [-0.1, -0.05) is 18.2 Å². The fourth-order valence-electron chi connectivity index (χ4n) is 3.26. The van der Waals surface area contributed by atoms with Gasteiger partial charge in [-0.15, -0.1) is 0 Å². The number of nitrogens with two attached hydrogens (primary N) is 1. The Hall–Kier alpha value is -1.36. The lowest BCUT2D eigenvalue weighted by atomic mass is 9.97. The molecule has 1 aliphatic heterocycles. The molecule has 2 N–H and O–H groups in total. The molecule has 1 aromatic carbocycles. The lowest BCUT2D eigenvalue weighted by Gasteiger charge is -2.31. The lowest BCUT2D eigenvalue weighted by molar-refractivity contribution is 0.0967. The summed E-state index contributed by atoms with van der Waals surface area (Å²) in [5, 5.41) is 1.21. The first-order valence-electron chi connectivity index (χ1n) is 7.72. The molecule has 1 saturated heterocycles. The standard InChI is InChI=1S/C17H24N2O2/c1-20-12-13-6-8-19(9-7-13)11-15-14-4-2-3-5-16(14)21-17(15)10-18/h2-5,13H,6-12,18H2,1H3. The highest BCUT2D eigenvalue weighted by atomic mass is 16.5. The van der Waals surface area contributed by atoms with E-state index < -0.39 is 0 Å². The first kappa shape index (κ1) is 14.6. The summed E-state index contributed by atoms with van der Waals surface area (Å²) in [5.41, 5.74) is 8.06. The molecule has 3 rings (SSSR count). The van der Waals surface area contributed by atoms with Crippen molar-refractivity contribution in [2.45, 2.75) is 25.9 Å². The number of rotatable bonds is 5. The summed E-state index contributed by atoms with van der Waals surface area (Å²) in [6.45, 7) is 4.53. The van der Waals surface area contributed by atoms with E-state index in [1.807, 2.05) is 12.1 Å². The Bertz CT molecular complexity index is 585. The molecule has 2 aromatic rings. The van der Waals surface area contributed by atoms with Crippen molar-refractivity contribution < 1.29 is 9.15 Å². The maximum Gasteiger partial charge on any atom is 0.134 e. The second kappa shape index (κ2) is 6.60. The topological polar surface area (TPSA) is 51.6 Å². The van der Waals surface area contributed by atoms with Crippen LogP contribution in [0.4, 0.5) is 0 Å². The normalized spacial score (nSPS) is 17.6. The first-order chi connectivity index (χ1) is 10.3. The predicted octanol–water partition coefficient (Wildman–Crippen LogP) is 2.75. The molecule has 0 bridgehead atoms. The highest BCUT2D eigenvalue weighted by Crippen LogP contribution is 2.28. The van der Waals surface area contributed by atoms with Gasteiger partial charge in [-0.2, -0.15) is 0 Å². The van der Waals surface area contributed by atoms with Gasteiger partial charge in [0, 0.05) is 31.2 Å². The number of piperidine rings is 1. The van der Waals surface area contributed by atoms with Gasteiger partial charge in [0.15, 0.2) is 0 Å². The van der Waals surface area contributed by atoms with E-state index in [4.69, 9.17) is 14.9 Å². The maximum absolute atomic E-state index is 5.88. The van der Waals surface area contributed by atoms with E-state index >= 15 is 0 Å². The molecule has 0 radical (unpaired) electrons. The Morgan fingerprint density at radius 1 is 1.29 bits per heavy atom. The van der Waals surface area contributed by atoms with Crippen LogP contribution < -0.4 is 5.73 Å². The minimum Gasteiger partial charge on any atom is -0.459 e. The number of furan rings is 1. The Labute approximate surface area is 125 Å². The number of likely N-dealkylation sites (tertiary alicyclic amines) is 1. The van der Waals surface area contributed by atoms with Gasteiger partial charge in [-0.05, 0) is 37.9 Å². The molecule has 1 aromatic heterocycles. The molecule has 0 atom stereocenters. The van der Waals surface area contributed by atoms with Crippen LogP contribution in [0.1, 0.15) is 24.2 Å². The molecule has 4 heteroatoms. The molecule has 0 spiro atoms. The average Bonchev–Trinajstić information content (AvgIpc) is 2.87. The number of hydrogen-bond acceptors (Lipinski definition) is 4. The van der Waals surface area contributed by atoms with Gasteiger partial charge in [0.05, 0.1) is 6.54 Å². The maximum atomic E-state index is 5.88. The first-order valence-corrected chi connectivity index (χ1v) is 7.72. The summed E-state index contributed by atoms with van der Waals surface area (Å²) in [6, 6.07) is 8.21. The van der Waals surface area contributed by atoms with Crippen molar-refractivity contribution in [1.29, 1.82) is 0 Å². The van der Waals surface area contributed by atoms with Gasteiger partial charge in [0.1, 0.15) is 11.3 Å². The summed E-state index contributed by atoms with van der Waals surface area (Å²) >= 11 is 0. The van der Waals surface area contributed by atoms with E-state index in [1.165, 1.54) is 23.8 Å². The van der Waals surface area contributed by atoms with E-state index in [9.17, 15) is 0 Å². The highest BCUT2D eigenvalue weighted by Gasteiger charge is 2.21. The molecule has 0 saturated carbocycles. The number of ether oxygens (including phenoxy) is 1. The van der Waals surface area contributed by atoms with Crippen molar-refractivity contribution in [2.24, 2.45) is 11.7 Å². The largest absolute Gasteiger partial charge is 0.459 e. The van der Waals surface area contributed by atoms with Crippen LogP contribution in [-0.2, 0) is 17.8 Å². The summed E-state index contributed by atoms with van der Waals surface area (Å²) in [7, 11) is 1.79. The van der Waals surface area contributed by atoms with Crippen molar-refractivity contribution in [2.75, 3.05) is 26.8 Å².